The summed E-state index contributed by atoms with van der Waals surface area (Å²) >= 11 is 0. The third-order valence-electron chi connectivity index (χ3n) is 11.8. The van der Waals surface area contributed by atoms with Crippen LogP contribution in [0.15, 0.2) is 176 Å². The van der Waals surface area contributed by atoms with E-state index in [1.165, 1.54) is 61.3 Å². The van der Waals surface area contributed by atoms with Crippen LogP contribution in [0.2, 0.25) is 39.3 Å². The Balaban J connectivity index is 1.24. The average molecular weight is 784 g/mol. The number of hydrogen-bond acceptors (Lipinski definition) is 1. The van der Waals surface area contributed by atoms with E-state index in [0.29, 0.717) is 0 Å². The van der Waals surface area contributed by atoms with Crippen LogP contribution < -0.4 is 4.90 Å². The maximum atomic E-state index is 2.60. The molecule has 1 aliphatic rings. The Morgan fingerprint density at radius 3 is 1.03 bits per heavy atom. The van der Waals surface area contributed by atoms with Crippen molar-refractivity contribution in [2.75, 3.05) is 4.90 Å². The molecule has 286 valence electrons. The lowest BCUT2D eigenvalue weighted by atomic mass is 10.0. The van der Waals surface area contributed by atoms with Crippen LogP contribution in [0.4, 0.5) is 17.1 Å². The standard InChI is InChI=1S/C55H53NSi2/c1-57(2,3)55(58(4,5)6)53-40-47(27-26-44-20-14-9-15-21-44)32-38-51(53)52-39-37-50(41-54(52)55)56(48-33-28-45(29-34-48)24-22-42-16-10-7-11-17-42)49-35-30-46(31-36-49)25-23-43-18-12-8-13-19-43/h7-41H,1-6H3/b24-22+,25-23+,27-26+. The van der Waals surface area contributed by atoms with Gasteiger partial charge in [-0.3, -0.25) is 0 Å². The highest BCUT2D eigenvalue weighted by Gasteiger charge is 2.59. The van der Waals surface area contributed by atoms with Crippen molar-refractivity contribution >= 4 is 69.7 Å². The highest BCUT2D eigenvalue weighted by atomic mass is 28.4. The summed E-state index contributed by atoms with van der Waals surface area (Å²) in [5.41, 5.74) is 16.5. The molecule has 0 spiro atoms. The van der Waals surface area contributed by atoms with Crippen molar-refractivity contribution < 1.29 is 0 Å². The van der Waals surface area contributed by atoms with E-state index in [9.17, 15) is 0 Å². The minimum absolute atomic E-state index is 0.00112. The summed E-state index contributed by atoms with van der Waals surface area (Å²) in [6.07, 6.45) is 13.3. The van der Waals surface area contributed by atoms with E-state index in [4.69, 9.17) is 0 Å². The molecular formula is C55H53NSi2. The molecule has 0 aliphatic heterocycles. The number of benzene rings is 7. The molecule has 0 saturated carbocycles. The molecule has 1 nitrogen and oxygen atoms in total. The Morgan fingerprint density at radius 2 is 0.638 bits per heavy atom. The lowest BCUT2D eigenvalue weighted by Crippen LogP contribution is -2.63. The SMILES string of the molecule is C[Si](C)(C)C1([Si](C)(C)C)c2cc(/C=C/c3ccccc3)ccc2-c2ccc(N(c3ccc(/C=C/c4ccccc4)cc3)c3ccc(/C=C/c4ccccc4)cc3)cc21. The second-order valence-corrected chi connectivity index (χ2v) is 28.5. The number of anilines is 3. The topological polar surface area (TPSA) is 3.24 Å². The van der Waals surface area contributed by atoms with E-state index in [0.717, 1.165) is 11.4 Å². The number of fused-ring (bicyclic) bond motifs is 3. The van der Waals surface area contributed by atoms with Crippen LogP contribution in [-0.4, -0.2) is 16.1 Å². The first-order valence-corrected chi connectivity index (χ1v) is 27.5. The van der Waals surface area contributed by atoms with Gasteiger partial charge in [-0.25, -0.2) is 0 Å². The first-order chi connectivity index (χ1) is 28.0. The molecule has 7 aromatic rings. The van der Waals surface area contributed by atoms with Crippen LogP contribution in [0, 0.1) is 0 Å². The van der Waals surface area contributed by atoms with Gasteiger partial charge in [0, 0.05) is 21.7 Å². The van der Waals surface area contributed by atoms with E-state index in [1.807, 2.05) is 0 Å². The number of rotatable bonds is 11. The molecule has 0 fully saturated rings. The van der Waals surface area contributed by atoms with Crippen molar-refractivity contribution in [3.8, 4) is 11.1 Å². The van der Waals surface area contributed by atoms with E-state index in [1.54, 1.807) is 0 Å². The van der Waals surface area contributed by atoms with Gasteiger partial charge >= 0.3 is 0 Å². The fraction of sp³-hybridized carbons (Fsp3) is 0.127. The zero-order valence-corrected chi connectivity index (χ0v) is 36.7. The monoisotopic (exact) mass is 783 g/mol. The van der Waals surface area contributed by atoms with Gasteiger partial charge in [-0.1, -0.05) is 215 Å². The van der Waals surface area contributed by atoms with Crippen molar-refractivity contribution in [2.24, 2.45) is 0 Å². The van der Waals surface area contributed by atoms with Gasteiger partial charge < -0.3 is 4.90 Å². The van der Waals surface area contributed by atoms with Gasteiger partial charge in [0.1, 0.15) is 0 Å². The second-order valence-electron chi connectivity index (χ2n) is 17.5. The maximum Gasteiger partial charge on any atom is 0.0579 e. The fourth-order valence-corrected chi connectivity index (χ4v) is 22.6. The minimum atomic E-state index is -1.92. The molecule has 58 heavy (non-hydrogen) atoms. The van der Waals surface area contributed by atoms with Gasteiger partial charge in [-0.2, -0.15) is 0 Å². The average Bonchev–Trinajstić information content (AvgIpc) is 3.54. The summed E-state index contributed by atoms with van der Waals surface area (Å²) in [5.74, 6) is 0. The molecule has 0 amide bonds. The van der Waals surface area contributed by atoms with Crippen molar-refractivity contribution in [1.82, 2.24) is 0 Å². The Bertz CT molecular complexity index is 2480. The summed E-state index contributed by atoms with van der Waals surface area (Å²) < 4.78 is 0.00112. The normalized spacial score (nSPS) is 13.6. The molecule has 0 heterocycles. The highest BCUT2D eigenvalue weighted by Crippen LogP contribution is 2.59. The minimum Gasteiger partial charge on any atom is -0.310 e. The van der Waals surface area contributed by atoms with E-state index < -0.39 is 16.1 Å². The molecule has 0 radical (unpaired) electrons. The van der Waals surface area contributed by atoms with Crippen molar-refractivity contribution in [1.29, 1.82) is 0 Å². The molecule has 0 unspecified atom stereocenters. The van der Waals surface area contributed by atoms with Crippen LogP contribution in [0.3, 0.4) is 0 Å². The molecule has 3 heteroatoms. The molecule has 0 saturated heterocycles. The number of hydrogen-bond donors (Lipinski definition) is 0. The molecule has 0 N–H and O–H groups in total. The second kappa shape index (κ2) is 16.1. The summed E-state index contributed by atoms with van der Waals surface area (Å²) in [7, 11) is -3.85. The predicted octanol–water partition coefficient (Wildman–Crippen LogP) is 15.7. The predicted molar refractivity (Wildman–Crippen MR) is 260 cm³/mol. The van der Waals surface area contributed by atoms with Crippen molar-refractivity contribution in [3.05, 3.63) is 220 Å². The smallest absolute Gasteiger partial charge is 0.0579 e. The van der Waals surface area contributed by atoms with Crippen LogP contribution >= 0.6 is 0 Å². The van der Waals surface area contributed by atoms with Crippen molar-refractivity contribution in [3.63, 3.8) is 0 Å². The van der Waals surface area contributed by atoms with Gasteiger partial charge in [0.25, 0.3) is 0 Å². The lowest BCUT2D eigenvalue weighted by Gasteiger charge is -2.51. The van der Waals surface area contributed by atoms with Gasteiger partial charge in [0.15, 0.2) is 0 Å². The molecule has 0 aromatic heterocycles. The van der Waals surface area contributed by atoms with Gasteiger partial charge in [0.05, 0.1) is 16.1 Å². The van der Waals surface area contributed by atoms with Gasteiger partial charge in [0.2, 0.25) is 0 Å². The zero-order chi connectivity index (χ0) is 40.3. The third-order valence-corrected chi connectivity index (χ3v) is 21.8. The van der Waals surface area contributed by atoms with E-state index >= 15 is 0 Å². The lowest BCUT2D eigenvalue weighted by molar-refractivity contribution is 0.951. The van der Waals surface area contributed by atoms with Crippen LogP contribution in [0.1, 0.15) is 44.5 Å². The largest absolute Gasteiger partial charge is 0.310 e. The summed E-state index contributed by atoms with van der Waals surface area (Å²) in [6, 6.07) is 64.3. The summed E-state index contributed by atoms with van der Waals surface area (Å²) in [4.78, 5) is 2.45. The quantitative estimate of drug-likeness (QED) is 0.0933. The Morgan fingerprint density at radius 1 is 0.328 bits per heavy atom. The third kappa shape index (κ3) is 7.68. The van der Waals surface area contributed by atoms with Crippen molar-refractivity contribution in [2.45, 2.75) is 43.9 Å². The van der Waals surface area contributed by atoms with Gasteiger partial charge in [-0.15, -0.1) is 0 Å². The van der Waals surface area contributed by atoms with Crippen LogP contribution in [0.5, 0.6) is 0 Å². The first kappa shape index (κ1) is 38.8. The van der Waals surface area contributed by atoms with Gasteiger partial charge in [-0.05, 0) is 92.0 Å². The zero-order valence-electron chi connectivity index (χ0n) is 34.7. The molecule has 0 bridgehead atoms. The molecule has 0 atom stereocenters. The summed E-state index contributed by atoms with van der Waals surface area (Å²) in [5, 5.41) is 0. The Hall–Kier alpha value is -6.01. The Labute approximate surface area is 348 Å². The number of nitrogens with zero attached hydrogens (tertiary/aromatic N) is 1. The van der Waals surface area contributed by atoms with E-state index in [-0.39, 0.29) is 4.66 Å². The van der Waals surface area contributed by atoms with E-state index in [2.05, 4.69) is 257 Å². The van der Waals surface area contributed by atoms with Crippen LogP contribution in [-0.2, 0) is 4.66 Å². The first-order valence-electron chi connectivity index (χ1n) is 20.5. The molecule has 7 aromatic carbocycles. The molecule has 8 rings (SSSR count). The fourth-order valence-electron chi connectivity index (χ4n) is 9.50. The Kier molecular flexibility index (Phi) is 10.8. The maximum absolute atomic E-state index is 2.60. The summed E-state index contributed by atoms with van der Waals surface area (Å²) in [6.45, 7) is 15.6. The van der Waals surface area contributed by atoms with Crippen LogP contribution in [0.25, 0.3) is 47.6 Å². The molecule has 1 aliphatic carbocycles. The molecular weight excluding hydrogens is 731 g/mol. The highest BCUT2D eigenvalue weighted by molar-refractivity contribution is 6.99.